The molecule has 21 heavy (non-hydrogen) atoms. The van der Waals surface area contributed by atoms with Crippen LogP contribution in [0.2, 0.25) is 0 Å². The minimum absolute atomic E-state index is 0.375. The molecule has 0 fully saturated rings. The quantitative estimate of drug-likeness (QED) is 0.756. The molecule has 3 rings (SSSR count). The molecule has 0 atom stereocenters. The van der Waals surface area contributed by atoms with Crippen LogP contribution in [0, 0.1) is 0 Å². The molecule has 0 saturated heterocycles. The van der Waals surface area contributed by atoms with Crippen LogP contribution in [0.15, 0.2) is 28.7 Å². The molecule has 0 amide bonds. The fraction of sp³-hybridized carbons (Fsp3) is 0.214. The summed E-state index contributed by atoms with van der Waals surface area (Å²) in [7, 11) is 1.61. The molecule has 6 nitrogen and oxygen atoms in total. The normalized spacial score (nSPS) is 11.1. The number of ether oxygens (including phenoxy) is 1. The number of nitrogen functional groups attached to an aromatic ring is 1. The topological polar surface area (TPSA) is 89.7 Å². The lowest BCUT2D eigenvalue weighted by molar-refractivity contribution is 0.180. The van der Waals surface area contributed by atoms with Crippen molar-refractivity contribution in [2.24, 2.45) is 0 Å². The Balaban J connectivity index is 1.93. The maximum atomic E-state index is 5.90. The van der Waals surface area contributed by atoms with Gasteiger partial charge in [0.25, 0.3) is 0 Å². The first-order chi connectivity index (χ1) is 10.2. The van der Waals surface area contributed by atoms with Gasteiger partial charge in [0.2, 0.25) is 0 Å². The van der Waals surface area contributed by atoms with Crippen LogP contribution < -0.4 is 5.73 Å². The molecule has 0 aliphatic carbocycles. The molecule has 0 aliphatic heterocycles. The van der Waals surface area contributed by atoms with Crippen LogP contribution in [0.4, 0.5) is 5.82 Å². The van der Waals surface area contributed by atoms with E-state index in [0.717, 1.165) is 22.6 Å². The second-order valence-corrected chi connectivity index (χ2v) is 5.39. The van der Waals surface area contributed by atoms with Gasteiger partial charge in [0.05, 0.1) is 34.2 Å². The lowest BCUT2D eigenvalue weighted by atomic mass is 10.3. The van der Waals surface area contributed by atoms with Crippen LogP contribution in [0.3, 0.4) is 0 Å². The molecule has 3 N–H and O–H groups in total. The highest BCUT2D eigenvalue weighted by atomic mass is 79.9. The van der Waals surface area contributed by atoms with Gasteiger partial charge in [-0.15, -0.1) is 0 Å². The van der Waals surface area contributed by atoms with Gasteiger partial charge in [-0.05, 0) is 28.1 Å². The second-order valence-electron chi connectivity index (χ2n) is 4.60. The van der Waals surface area contributed by atoms with E-state index in [1.54, 1.807) is 7.11 Å². The average Bonchev–Trinajstić information content (AvgIpc) is 2.86. The summed E-state index contributed by atoms with van der Waals surface area (Å²) >= 11 is 3.38. The van der Waals surface area contributed by atoms with Crippen molar-refractivity contribution in [3.05, 3.63) is 46.1 Å². The van der Waals surface area contributed by atoms with Gasteiger partial charge in [-0.1, -0.05) is 12.1 Å². The number of anilines is 1. The molecule has 7 heteroatoms. The number of aromatic nitrogens is 4. The number of nitrogens with zero attached hydrogens (tertiary/aromatic N) is 3. The average molecular weight is 348 g/mol. The lowest BCUT2D eigenvalue weighted by Gasteiger charge is -2.07. The molecule has 0 saturated carbocycles. The number of H-pyrrole nitrogens is 1. The number of rotatable bonds is 4. The number of fused-ring (bicyclic) bond motifs is 1. The van der Waals surface area contributed by atoms with E-state index in [-0.39, 0.29) is 0 Å². The summed E-state index contributed by atoms with van der Waals surface area (Å²) in [6, 6.07) is 7.87. The molecule has 3 aromatic rings. The van der Waals surface area contributed by atoms with Crippen LogP contribution in [-0.4, -0.2) is 27.0 Å². The summed E-state index contributed by atoms with van der Waals surface area (Å²) < 4.78 is 5.80. The van der Waals surface area contributed by atoms with Crippen LogP contribution >= 0.6 is 15.9 Å². The minimum Gasteiger partial charge on any atom is -0.383 e. The van der Waals surface area contributed by atoms with Crippen molar-refractivity contribution < 1.29 is 4.74 Å². The first-order valence-corrected chi connectivity index (χ1v) is 7.20. The van der Waals surface area contributed by atoms with Gasteiger partial charge in [0.1, 0.15) is 17.5 Å². The van der Waals surface area contributed by atoms with Gasteiger partial charge in [0.15, 0.2) is 0 Å². The van der Waals surface area contributed by atoms with E-state index >= 15 is 0 Å². The zero-order chi connectivity index (χ0) is 14.8. The Hall–Kier alpha value is -1.99. The highest BCUT2D eigenvalue weighted by Gasteiger charge is 2.12. The Morgan fingerprint density at radius 1 is 1.24 bits per heavy atom. The van der Waals surface area contributed by atoms with Crippen molar-refractivity contribution in [2.45, 2.75) is 13.0 Å². The third-order valence-electron chi connectivity index (χ3n) is 3.04. The predicted molar refractivity (Wildman–Crippen MR) is 83.8 cm³/mol. The Labute approximate surface area is 129 Å². The van der Waals surface area contributed by atoms with E-state index in [4.69, 9.17) is 10.5 Å². The fourth-order valence-corrected chi connectivity index (χ4v) is 2.41. The fourth-order valence-electron chi connectivity index (χ4n) is 2.12. The van der Waals surface area contributed by atoms with Crippen molar-refractivity contribution >= 4 is 32.8 Å². The predicted octanol–water partition coefficient (Wildman–Crippen LogP) is 2.43. The Morgan fingerprint density at radius 2 is 2.05 bits per heavy atom. The molecule has 0 aliphatic rings. The number of nitrogens with two attached hydrogens (primary N) is 1. The number of benzene rings is 1. The van der Waals surface area contributed by atoms with Crippen molar-refractivity contribution in [1.82, 2.24) is 19.9 Å². The molecule has 2 heterocycles. The third-order valence-corrected chi connectivity index (χ3v) is 3.90. The standard InChI is InChI=1S/C14H14BrN5O/c1-21-7-10-13(15)14(16)20-12(19-10)6-11-17-8-4-2-3-5-9(8)18-11/h2-5H,6-7H2,1H3,(H,17,18)(H2,16,19,20). The number of imidazole rings is 1. The SMILES string of the molecule is COCc1nc(Cc2nc3ccccc3[nH]2)nc(N)c1Br. The number of hydrogen-bond acceptors (Lipinski definition) is 5. The van der Waals surface area contributed by atoms with E-state index in [1.807, 2.05) is 24.3 Å². The summed E-state index contributed by atoms with van der Waals surface area (Å²) in [6.07, 6.45) is 0.489. The van der Waals surface area contributed by atoms with Gasteiger partial charge >= 0.3 is 0 Å². The number of para-hydroxylation sites is 2. The smallest absolute Gasteiger partial charge is 0.141 e. The summed E-state index contributed by atoms with van der Waals surface area (Å²) in [5.41, 5.74) is 8.55. The molecule has 1 aromatic carbocycles. The molecule has 0 bridgehead atoms. The highest BCUT2D eigenvalue weighted by Crippen LogP contribution is 2.22. The minimum atomic E-state index is 0.375. The van der Waals surface area contributed by atoms with Crippen LogP contribution in [0.25, 0.3) is 11.0 Å². The van der Waals surface area contributed by atoms with Crippen molar-refractivity contribution in [2.75, 3.05) is 12.8 Å². The Morgan fingerprint density at radius 3 is 2.81 bits per heavy atom. The van der Waals surface area contributed by atoms with Crippen molar-refractivity contribution in [3.8, 4) is 0 Å². The summed E-state index contributed by atoms with van der Waals surface area (Å²) in [4.78, 5) is 16.5. The van der Waals surface area contributed by atoms with Crippen molar-refractivity contribution in [1.29, 1.82) is 0 Å². The van der Waals surface area contributed by atoms with Gasteiger partial charge < -0.3 is 15.5 Å². The number of nitrogens with one attached hydrogen (secondary N) is 1. The van der Waals surface area contributed by atoms with E-state index in [9.17, 15) is 0 Å². The third kappa shape index (κ3) is 2.88. The number of hydrogen-bond donors (Lipinski definition) is 2. The maximum absolute atomic E-state index is 5.90. The van der Waals surface area contributed by atoms with Gasteiger partial charge in [-0.3, -0.25) is 0 Å². The molecule has 2 aromatic heterocycles. The molecule has 0 spiro atoms. The van der Waals surface area contributed by atoms with Gasteiger partial charge in [0, 0.05) is 7.11 Å². The Bertz CT molecular complexity index is 753. The number of halogens is 1. The molecule has 108 valence electrons. The van der Waals surface area contributed by atoms with Gasteiger partial charge in [-0.25, -0.2) is 15.0 Å². The van der Waals surface area contributed by atoms with Crippen molar-refractivity contribution in [3.63, 3.8) is 0 Å². The number of aromatic amines is 1. The largest absolute Gasteiger partial charge is 0.383 e. The van der Waals surface area contributed by atoms with E-state index in [0.29, 0.717) is 29.1 Å². The van der Waals surface area contributed by atoms with E-state index in [1.165, 1.54) is 0 Å². The zero-order valence-electron chi connectivity index (χ0n) is 11.4. The summed E-state index contributed by atoms with van der Waals surface area (Å²) in [5.74, 6) is 1.83. The summed E-state index contributed by atoms with van der Waals surface area (Å²) in [6.45, 7) is 0.375. The molecule has 0 radical (unpaired) electrons. The highest BCUT2D eigenvalue weighted by molar-refractivity contribution is 9.10. The molecule has 0 unspecified atom stereocenters. The monoisotopic (exact) mass is 347 g/mol. The van der Waals surface area contributed by atoms with E-state index < -0.39 is 0 Å². The maximum Gasteiger partial charge on any atom is 0.141 e. The number of methoxy groups -OCH3 is 1. The first-order valence-electron chi connectivity index (χ1n) is 6.40. The van der Waals surface area contributed by atoms with E-state index in [2.05, 4.69) is 35.9 Å². The zero-order valence-corrected chi connectivity index (χ0v) is 13.0. The Kier molecular flexibility index (Phi) is 3.85. The molecular weight excluding hydrogens is 334 g/mol. The summed E-state index contributed by atoms with van der Waals surface area (Å²) in [5, 5.41) is 0. The first kappa shape index (κ1) is 14.0. The molecular formula is C14H14BrN5O. The lowest BCUT2D eigenvalue weighted by Crippen LogP contribution is -2.07. The second kappa shape index (κ2) is 5.79. The van der Waals surface area contributed by atoms with Crippen LogP contribution in [-0.2, 0) is 17.8 Å². The van der Waals surface area contributed by atoms with Crippen LogP contribution in [0.5, 0.6) is 0 Å². The van der Waals surface area contributed by atoms with Crippen LogP contribution in [0.1, 0.15) is 17.3 Å². The van der Waals surface area contributed by atoms with Gasteiger partial charge in [-0.2, -0.15) is 0 Å².